The monoisotopic (exact) mass is 250 g/mol. The maximum atomic E-state index is 12.9. The molecule has 5 nitrogen and oxygen atoms in total. The molecule has 1 aromatic heterocycles. The number of aromatic nitrogens is 3. The number of nitrogens with zero attached hydrogens (tertiary/aromatic N) is 2. The molecule has 3 N–H and O–H groups in total. The Hall–Kier alpha value is -1.95. The summed E-state index contributed by atoms with van der Waals surface area (Å²) in [6.45, 7) is 2.01. The van der Waals surface area contributed by atoms with E-state index in [4.69, 9.17) is 5.73 Å². The first-order chi connectivity index (χ1) is 8.63. The van der Waals surface area contributed by atoms with E-state index in [1.807, 2.05) is 6.92 Å². The average Bonchev–Trinajstić information content (AvgIpc) is 2.73. The molecule has 0 bridgehead atoms. The summed E-state index contributed by atoms with van der Waals surface area (Å²) in [5, 5.41) is 6.31. The lowest BCUT2D eigenvalue weighted by Crippen LogP contribution is -2.21. The topological polar surface area (TPSA) is 76.7 Å². The molecule has 96 valence electrons. The van der Waals surface area contributed by atoms with Gasteiger partial charge in [0.2, 0.25) is 0 Å². The van der Waals surface area contributed by atoms with Gasteiger partial charge in [-0.3, -0.25) is 0 Å². The number of halogens is 1. The van der Waals surface area contributed by atoms with Crippen molar-refractivity contribution in [2.45, 2.75) is 25.8 Å². The van der Waals surface area contributed by atoms with Crippen molar-refractivity contribution in [2.24, 2.45) is 5.73 Å². The van der Waals surface area contributed by atoms with Crippen molar-refractivity contribution in [3.63, 3.8) is 0 Å². The smallest absolute Gasteiger partial charge is 0.321 e. The highest BCUT2D eigenvalue weighted by atomic mass is 19.1. The molecule has 6 heteroatoms. The van der Waals surface area contributed by atoms with Crippen molar-refractivity contribution in [1.29, 1.82) is 0 Å². The SMILES string of the molecule is CCCC(N)c1n[nH]c(=O)n1-c1ccc(F)cc1. The first-order valence-electron chi connectivity index (χ1n) is 5.82. The molecular weight excluding hydrogens is 235 g/mol. The Morgan fingerprint density at radius 3 is 2.72 bits per heavy atom. The average molecular weight is 250 g/mol. The van der Waals surface area contributed by atoms with Gasteiger partial charge in [-0.25, -0.2) is 18.9 Å². The summed E-state index contributed by atoms with van der Waals surface area (Å²) in [4.78, 5) is 11.7. The van der Waals surface area contributed by atoms with Crippen LogP contribution in [0.15, 0.2) is 29.1 Å². The van der Waals surface area contributed by atoms with Crippen LogP contribution in [0.5, 0.6) is 0 Å². The molecule has 2 aromatic rings. The van der Waals surface area contributed by atoms with Gasteiger partial charge in [-0.1, -0.05) is 13.3 Å². The Morgan fingerprint density at radius 1 is 1.44 bits per heavy atom. The fourth-order valence-corrected chi connectivity index (χ4v) is 1.84. The van der Waals surface area contributed by atoms with Gasteiger partial charge in [0, 0.05) is 0 Å². The van der Waals surface area contributed by atoms with Crippen molar-refractivity contribution < 1.29 is 4.39 Å². The lowest BCUT2D eigenvalue weighted by molar-refractivity contribution is 0.589. The number of hydrogen-bond acceptors (Lipinski definition) is 3. The van der Waals surface area contributed by atoms with E-state index in [2.05, 4.69) is 10.2 Å². The first-order valence-corrected chi connectivity index (χ1v) is 5.82. The van der Waals surface area contributed by atoms with Crippen LogP contribution >= 0.6 is 0 Å². The molecule has 1 unspecified atom stereocenters. The van der Waals surface area contributed by atoms with Crippen LogP contribution in [-0.2, 0) is 0 Å². The number of aromatic amines is 1. The van der Waals surface area contributed by atoms with E-state index in [0.717, 1.165) is 12.8 Å². The Labute approximate surface area is 103 Å². The van der Waals surface area contributed by atoms with Crippen LogP contribution in [0, 0.1) is 5.82 Å². The summed E-state index contributed by atoms with van der Waals surface area (Å²) < 4.78 is 14.2. The van der Waals surface area contributed by atoms with Crippen molar-refractivity contribution in [3.8, 4) is 5.69 Å². The fourth-order valence-electron chi connectivity index (χ4n) is 1.84. The molecular formula is C12H15FN4O. The van der Waals surface area contributed by atoms with Gasteiger partial charge in [0.1, 0.15) is 5.82 Å². The van der Waals surface area contributed by atoms with E-state index in [1.165, 1.54) is 28.8 Å². The minimum atomic E-state index is -0.372. The second-order valence-corrected chi connectivity index (χ2v) is 4.09. The van der Waals surface area contributed by atoms with Crippen molar-refractivity contribution >= 4 is 0 Å². The van der Waals surface area contributed by atoms with E-state index < -0.39 is 0 Å². The number of H-pyrrole nitrogens is 1. The molecule has 0 aliphatic rings. The second-order valence-electron chi connectivity index (χ2n) is 4.09. The molecule has 2 rings (SSSR count). The predicted octanol–water partition coefficient (Wildman–Crippen LogP) is 1.50. The Morgan fingerprint density at radius 2 is 2.11 bits per heavy atom. The van der Waals surface area contributed by atoms with Gasteiger partial charge in [-0.05, 0) is 30.7 Å². The van der Waals surface area contributed by atoms with Gasteiger partial charge in [0.05, 0.1) is 11.7 Å². The quantitative estimate of drug-likeness (QED) is 0.863. The largest absolute Gasteiger partial charge is 0.347 e. The standard InChI is InChI=1S/C12H15FN4O/c1-2-3-10(14)11-15-16-12(18)17(11)9-6-4-8(13)5-7-9/h4-7,10H,2-3,14H2,1H3,(H,16,18). The number of benzene rings is 1. The number of nitrogens with two attached hydrogens (primary N) is 1. The summed E-state index contributed by atoms with van der Waals surface area (Å²) in [6, 6.07) is 5.32. The third-order valence-corrected chi connectivity index (χ3v) is 2.71. The van der Waals surface area contributed by atoms with Gasteiger partial charge in [0.15, 0.2) is 5.82 Å². The summed E-state index contributed by atoms with van der Waals surface area (Å²) in [7, 11) is 0. The molecule has 0 radical (unpaired) electrons. The molecule has 1 aromatic carbocycles. The van der Waals surface area contributed by atoms with Crippen molar-refractivity contribution in [3.05, 3.63) is 46.4 Å². The van der Waals surface area contributed by atoms with Gasteiger partial charge in [0.25, 0.3) is 0 Å². The first kappa shape index (κ1) is 12.5. The highest BCUT2D eigenvalue weighted by Gasteiger charge is 2.16. The molecule has 18 heavy (non-hydrogen) atoms. The third kappa shape index (κ3) is 2.33. The zero-order chi connectivity index (χ0) is 13.1. The summed E-state index contributed by atoms with van der Waals surface area (Å²) >= 11 is 0. The van der Waals surface area contributed by atoms with Crippen LogP contribution in [0.2, 0.25) is 0 Å². The van der Waals surface area contributed by atoms with Crippen LogP contribution in [0.1, 0.15) is 31.6 Å². The van der Waals surface area contributed by atoms with Gasteiger partial charge < -0.3 is 5.73 Å². The van der Waals surface area contributed by atoms with Crippen LogP contribution in [0.4, 0.5) is 4.39 Å². The number of nitrogens with one attached hydrogen (secondary N) is 1. The van der Waals surface area contributed by atoms with Crippen LogP contribution in [0.3, 0.4) is 0 Å². The normalized spacial score (nSPS) is 12.6. The molecule has 0 amide bonds. The number of hydrogen-bond donors (Lipinski definition) is 2. The summed E-state index contributed by atoms with van der Waals surface area (Å²) in [5.41, 5.74) is 6.15. The molecule has 1 heterocycles. The zero-order valence-corrected chi connectivity index (χ0v) is 10.1. The number of rotatable bonds is 4. The highest BCUT2D eigenvalue weighted by Crippen LogP contribution is 2.15. The van der Waals surface area contributed by atoms with Crippen molar-refractivity contribution in [2.75, 3.05) is 0 Å². The van der Waals surface area contributed by atoms with Crippen LogP contribution in [0.25, 0.3) is 5.69 Å². The minimum Gasteiger partial charge on any atom is -0.321 e. The second kappa shape index (κ2) is 5.14. The van der Waals surface area contributed by atoms with Gasteiger partial charge >= 0.3 is 5.69 Å². The van der Waals surface area contributed by atoms with E-state index in [1.54, 1.807) is 0 Å². The molecule has 0 saturated carbocycles. The lowest BCUT2D eigenvalue weighted by atomic mass is 10.1. The van der Waals surface area contributed by atoms with E-state index >= 15 is 0 Å². The Bertz CT molecular complexity index is 573. The molecule has 1 atom stereocenters. The highest BCUT2D eigenvalue weighted by molar-refractivity contribution is 5.33. The van der Waals surface area contributed by atoms with E-state index in [-0.39, 0.29) is 17.5 Å². The predicted molar refractivity (Wildman–Crippen MR) is 66.0 cm³/mol. The molecule has 0 aliphatic heterocycles. The van der Waals surface area contributed by atoms with E-state index in [9.17, 15) is 9.18 Å². The van der Waals surface area contributed by atoms with Crippen LogP contribution in [-0.4, -0.2) is 14.8 Å². The molecule has 0 saturated heterocycles. The van der Waals surface area contributed by atoms with Crippen molar-refractivity contribution in [1.82, 2.24) is 14.8 Å². The molecule has 0 aliphatic carbocycles. The van der Waals surface area contributed by atoms with Gasteiger partial charge in [-0.2, -0.15) is 5.10 Å². The molecule has 0 fully saturated rings. The molecule has 0 spiro atoms. The minimum absolute atomic E-state index is 0.320. The maximum absolute atomic E-state index is 12.9. The summed E-state index contributed by atoms with van der Waals surface area (Å²) in [6.07, 6.45) is 1.62. The Balaban J connectivity index is 2.46. The summed E-state index contributed by atoms with van der Waals surface area (Å²) in [5.74, 6) is 0.114. The fraction of sp³-hybridized carbons (Fsp3) is 0.333. The third-order valence-electron chi connectivity index (χ3n) is 2.71. The maximum Gasteiger partial charge on any atom is 0.347 e. The zero-order valence-electron chi connectivity index (χ0n) is 10.1. The Kier molecular flexibility index (Phi) is 3.57. The van der Waals surface area contributed by atoms with E-state index in [0.29, 0.717) is 11.5 Å². The van der Waals surface area contributed by atoms with Gasteiger partial charge in [-0.15, -0.1) is 0 Å². The lowest BCUT2D eigenvalue weighted by Gasteiger charge is -2.11. The van der Waals surface area contributed by atoms with Crippen LogP contribution < -0.4 is 11.4 Å².